The molecule has 0 amide bonds. The van der Waals surface area contributed by atoms with Gasteiger partial charge in [0.1, 0.15) is 0 Å². The van der Waals surface area contributed by atoms with Crippen LogP contribution in [-0.2, 0) is 0 Å². The number of nitrogens with one attached hydrogen (secondary N) is 1. The maximum Gasteiger partial charge on any atom is 0.0455 e. The lowest BCUT2D eigenvalue weighted by Crippen LogP contribution is -2.25. The van der Waals surface area contributed by atoms with Gasteiger partial charge in [0.15, 0.2) is 0 Å². The van der Waals surface area contributed by atoms with Crippen LogP contribution < -0.4 is 5.32 Å². The first-order valence-corrected chi connectivity index (χ1v) is 6.56. The summed E-state index contributed by atoms with van der Waals surface area (Å²) in [4.78, 5) is 0. The van der Waals surface area contributed by atoms with Gasteiger partial charge in [-0.15, -0.1) is 0 Å². The summed E-state index contributed by atoms with van der Waals surface area (Å²) in [6.45, 7) is 4.43. The number of anilines is 1. The largest absolute Gasteiger partial charge is 0.382 e. The van der Waals surface area contributed by atoms with E-state index in [4.69, 9.17) is 11.6 Å². The van der Waals surface area contributed by atoms with E-state index in [9.17, 15) is 0 Å². The number of rotatable bonds is 2. The second-order valence-corrected chi connectivity index (χ2v) is 5.42. The molecule has 0 atom stereocenters. The molecule has 0 bridgehead atoms. The van der Waals surface area contributed by atoms with Crippen LogP contribution in [0.15, 0.2) is 18.2 Å². The van der Waals surface area contributed by atoms with Gasteiger partial charge < -0.3 is 5.32 Å². The van der Waals surface area contributed by atoms with Crippen molar-refractivity contribution in [2.24, 2.45) is 5.92 Å². The Labute approximate surface area is 103 Å². The first-order valence-electron chi connectivity index (χ1n) is 6.18. The van der Waals surface area contributed by atoms with Gasteiger partial charge in [0.2, 0.25) is 0 Å². The second kappa shape index (κ2) is 5.09. The standard InChI is InChI=1S/C14H20ClN/c1-10-6-8-12(9-7-10)16-14-5-3-4-13(15)11(14)2/h3-5,10,12,16H,6-9H2,1-2H3. The van der Waals surface area contributed by atoms with E-state index in [-0.39, 0.29) is 0 Å². The minimum absolute atomic E-state index is 0.633. The average molecular weight is 238 g/mol. The summed E-state index contributed by atoms with van der Waals surface area (Å²) in [7, 11) is 0. The van der Waals surface area contributed by atoms with Crippen LogP contribution in [0.3, 0.4) is 0 Å². The van der Waals surface area contributed by atoms with Gasteiger partial charge in [-0.05, 0) is 56.2 Å². The molecule has 0 spiro atoms. The maximum atomic E-state index is 6.11. The molecule has 0 unspecified atom stereocenters. The minimum atomic E-state index is 0.633. The highest BCUT2D eigenvalue weighted by Gasteiger charge is 2.18. The van der Waals surface area contributed by atoms with Gasteiger partial charge in [0.25, 0.3) is 0 Å². The zero-order valence-electron chi connectivity index (χ0n) is 10.1. The normalized spacial score (nSPS) is 25.4. The van der Waals surface area contributed by atoms with E-state index >= 15 is 0 Å². The lowest BCUT2D eigenvalue weighted by molar-refractivity contribution is 0.361. The van der Waals surface area contributed by atoms with E-state index in [1.54, 1.807) is 0 Å². The van der Waals surface area contributed by atoms with Crippen LogP contribution in [0.25, 0.3) is 0 Å². The molecule has 0 heterocycles. The van der Waals surface area contributed by atoms with Crippen molar-refractivity contribution in [3.05, 3.63) is 28.8 Å². The molecule has 1 nitrogen and oxygen atoms in total. The van der Waals surface area contributed by atoms with Gasteiger partial charge in [-0.1, -0.05) is 24.6 Å². The van der Waals surface area contributed by atoms with E-state index in [1.807, 2.05) is 12.1 Å². The molecule has 2 rings (SSSR count). The molecule has 0 radical (unpaired) electrons. The van der Waals surface area contributed by atoms with Gasteiger partial charge in [-0.3, -0.25) is 0 Å². The van der Waals surface area contributed by atoms with Crippen molar-refractivity contribution in [3.63, 3.8) is 0 Å². The Bertz CT molecular complexity index is 354. The van der Waals surface area contributed by atoms with Gasteiger partial charge in [0.05, 0.1) is 0 Å². The summed E-state index contributed by atoms with van der Waals surface area (Å²) >= 11 is 6.11. The molecule has 0 aromatic heterocycles. The fourth-order valence-electron chi connectivity index (χ4n) is 2.39. The van der Waals surface area contributed by atoms with Crippen molar-refractivity contribution in [3.8, 4) is 0 Å². The molecule has 1 aliphatic rings. The molecule has 1 N–H and O–H groups in total. The SMILES string of the molecule is Cc1c(Cl)cccc1NC1CCC(C)CC1. The Kier molecular flexibility index (Phi) is 3.75. The zero-order valence-corrected chi connectivity index (χ0v) is 10.8. The quantitative estimate of drug-likeness (QED) is 0.790. The molecule has 0 saturated heterocycles. The summed E-state index contributed by atoms with van der Waals surface area (Å²) in [6, 6.07) is 6.72. The number of benzene rings is 1. The molecule has 1 fully saturated rings. The van der Waals surface area contributed by atoms with Gasteiger partial charge in [-0.2, -0.15) is 0 Å². The predicted octanol–water partition coefficient (Wildman–Crippen LogP) is 4.64. The summed E-state index contributed by atoms with van der Waals surface area (Å²) in [5.74, 6) is 0.901. The fraction of sp³-hybridized carbons (Fsp3) is 0.571. The average Bonchev–Trinajstić information content (AvgIpc) is 2.28. The molecular weight excluding hydrogens is 218 g/mol. The number of hydrogen-bond acceptors (Lipinski definition) is 1. The van der Waals surface area contributed by atoms with Crippen LogP contribution in [0.5, 0.6) is 0 Å². The first kappa shape index (κ1) is 11.8. The van der Waals surface area contributed by atoms with Crippen LogP contribution >= 0.6 is 11.6 Å². The molecule has 16 heavy (non-hydrogen) atoms. The fourth-order valence-corrected chi connectivity index (χ4v) is 2.56. The zero-order chi connectivity index (χ0) is 11.5. The lowest BCUT2D eigenvalue weighted by Gasteiger charge is -2.28. The van der Waals surface area contributed by atoms with Crippen molar-refractivity contribution in [1.29, 1.82) is 0 Å². The summed E-state index contributed by atoms with van der Waals surface area (Å²) in [5, 5.41) is 4.48. The monoisotopic (exact) mass is 237 g/mol. The third kappa shape index (κ3) is 2.70. The molecule has 1 saturated carbocycles. The number of hydrogen-bond donors (Lipinski definition) is 1. The van der Waals surface area contributed by atoms with Crippen molar-refractivity contribution >= 4 is 17.3 Å². The van der Waals surface area contributed by atoms with Crippen LogP contribution in [0, 0.1) is 12.8 Å². The molecule has 0 aliphatic heterocycles. The van der Waals surface area contributed by atoms with Gasteiger partial charge in [0, 0.05) is 16.8 Å². The van der Waals surface area contributed by atoms with Crippen molar-refractivity contribution in [1.82, 2.24) is 0 Å². The molecule has 1 aromatic carbocycles. The van der Waals surface area contributed by atoms with E-state index < -0.39 is 0 Å². The maximum absolute atomic E-state index is 6.11. The van der Waals surface area contributed by atoms with Gasteiger partial charge >= 0.3 is 0 Å². The number of halogens is 1. The first-order chi connectivity index (χ1) is 7.66. The van der Waals surface area contributed by atoms with Crippen LogP contribution in [0.1, 0.15) is 38.2 Å². The highest BCUT2D eigenvalue weighted by atomic mass is 35.5. The third-order valence-corrected chi connectivity index (χ3v) is 4.05. The molecule has 2 heteroatoms. The summed E-state index contributed by atoms with van der Waals surface area (Å²) < 4.78 is 0. The van der Waals surface area contributed by atoms with Gasteiger partial charge in [-0.25, -0.2) is 0 Å². The third-order valence-electron chi connectivity index (χ3n) is 3.64. The smallest absolute Gasteiger partial charge is 0.0455 e. The lowest BCUT2D eigenvalue weighted by atomic mass is 9.87. The Morgan fingerprint density at radius 2 is 1.88 bits per heavy atom. The Hall–Kier alpha value is -0.690. The van der Waals surface area contributed by atoms with Crippen molar-refractivity contribution in [2.45, 2.75) is 45.6 Å². The summed E-state index contributed by atoms with van der Waals surface area (Å²) in [6.07, 6.45) is 5.26. The second-order valence-electron chi connectivity index (χ2n) is 5.01. The Balaban J connectivity index is 2.01. The predicted molar refractivity (Wildman–Crippen MR) is 71.2 cm³/mol. The van der Waals surface area contributed by atoms with Crippen LogP contribution in [0.2, 0.25) is 5.02 Å². The van der Waals surface area contributed by atoms with Crippen LogP contribution in [0.4, 0.5) is 5.69 Å². The van der Waals surface area contributed by atoms with E-state index in [0.717, 1.165) is 10.9 Å². The summed E-state index contributed by atoms with van der Waals surface area (Å²) in [5.41, 5.74) is 2.37. The Morgan fingerprint density at radius 3 is 2.56 bits per heavy atom. The topological polar surface area (TPSA) is 12.0 Å². The van der Waals surface area contributed by atoms with E-state index in [2.05, 4.69) is 25.2 Å². The highest BCUT2D eigenvalue weighted by Crippen LogP contribution is 2.29. The van der Waals surface area contributed by atoms with Crippen molar-refractivity contribution < 1.29 is 0 Å². The highest BCUT2D eigenvalue weighted by molar-refractivity contribution is 6.31. The van der Waals surface area contributed by atoms with Crippen LogP contribution in [-0.4, -0.2) is 6.04 Å². The molecule has 1 aromatic rings. The molecule has 1 aliphatic carbocycles. The van der Waals surface area contributed by atoms with Crippen molar-refractivity contribution in [2.75, 3.05) is 5.32 Å². The molecular formula is C14H20ClN. The van der Waals surface area contributed by atoms with E-state index in [0.29, 0.717) is 6.04 Å². The Morgan fingerprint density at radius 1 is 1.19 bits per heavy atom. The van der Waals surface area contributed by atoms with E-state index in [1.165, 1.54) is 36.9 Å². The molecule has 88 valence electrons. The minimum Gasteiger partial charge on any atom is -0.382 e.